The topological polar surface area (TPSA) is 128 Å². The number of nitrogens with one attached hydrogen (secondary N) is 2. The number of nitrogens with zero attached hydrogens (tertiary/aromatic N) is 4. The maximum Gasteiger partial charge on any atom is 0.211 e. The molecular weight excluding hydrogens is 196 g/mol. The van der Waals surface area contributed by atoms with Crippen LogP contribution in [0.1, 0.15) is 6.92 Å². The van der Waals surface area contributed by atoms with Gasteiger partial charge in [0.2, 0.25) is 11.9 Å². The van der Waals surface area contributed by atoms with Crippen LogP contribution in [0.4, 0.5) is 0 Å². The summed E-state index contributed by atoms with van der Waals surface area (Å²) in [5.74, 6) is 0.0596. The molecule has 0 aliphatic rings. The molecule has 0 saturated heterocycles. The number of nitrogens with two attached hydrogens (primary N) is 2. The Morgan fingerprint density at radius 3 is 2.53 bits per heavy atom. The van der Waals surface area contributed by atoms with Gasteiger partial charge in [-0.1, -0.05) is 0 Å². The fourth-order valence-electron chi connectivity index (χ4n) is 0.551. The van der Waals surface area contributed by atoms with Gasteiger partial charge in [-0.2, -0.15) is 10.2 Å². The van der Waals surface area contributed by atoms with E-state index < -0.39 is 0 Å². The molecule has 0 fully saturated rings. The van der Waals surface area contributed by atoms with Crippen molar-refractivity contribution in [1.82, 2.24) is 10.4 Å². The van der Waals surface area contributed by atoms with Crippen LogP contribution in [0.25, 0.3) is 0 Å². The van der Waals surface area contributed by atoms with Gasteiger partial charge in [0.05, 0.1) is 11.9 Å². The second kappa shape index (κ2) is 6.35. The Morgan fingerprint density at radius 2 is 2.07 bits per heavy atom. The van der Waals surface area contributed by atoms with E-state index in [1.165, 1.54) is 11.2 Å². The van der Waals surface area contributed by atoms with Gasteiger partial charge in [0.15, 0.2) is 0 Å². The van der Waals surface area contributed by atoms with Gasteiger partial charge in [-0.05, 0) is 6.92 Å². The first-order valence-corrected chi connectivity index (χ1v) is 4.11. The van der Waals surface area contributed by atoms with Gasteiger partial charge < -0.3 is 11.5 Å². The van der Waals surface area contributed by atoms with Crippen molar-refractivity contribution in [1.29, 1.82) is 5.41 Å². The van der Waals surface area contributed by atoms with E-state index >= 15 is 0 Å². The van der Waals surface area contributed by atoms with Crippen LogP contribution in [0.5, 0.6) is 0 Å². The number of rotatable bonds is 3. The van der Waals surface area contributed by atoms with Crippen molar-refractivity contribution in [3.05, 3.63) is 0 Å². The number of aliphatic imine (C=N–C) groups is 1. The van der Waals surface area contributed by atoms with Gasteiger partial charge >= 0.3 is 0 Å². The van der Waals surface area contributed by atoms with Crippen LogP contribution < -0.4 is 16.9 Å². The molecule has 0 aromatic heterocycles. The third-order valence-corrected chi connectivity index (χ3v) is 1.33. The predicted octanol–water partition coefficient (Wildman–Crippen LogP) is -1.29. The highest BCUT2D eigenvalue weighted by atomic mass is 15.5. The van der Waals surface area contributed by atoms with Crippen LogP contribution in [0, 0.1) is 5.41 Å². The third-order valence-electron chi connectivity index (χ3n) is 1.33. The Hall–Kier alpha value is -2.12. The first kappa shape index (κ1) is 12.9. The molecule has 0 aliphatic heterocycles. The Labute approximate surface area is 88.2 Å². The normalized spacial score (nSPS) is 13.0. The van der Waals surface area contributed by atoms with Crippen molar-refractivity contribution in [2.45, 2.75) is 6.92 Å². The summed E-state index contributed by atoms with van der Waals surface area (Å²) >= 11 is 0. The van der Waals surface area contributed by atoms with Crippen molar-refractivity contribution in [2.24, 2.45) is 26.7 Å². The van der Waals surface area contributed by atoms with Gasteiger partial charge in [-0.25, -0.2) is 10.4 Å². The molecule has 15 heavy (non-hydrogen) atoms. The molecule has 0 amide bonds. The quantitative estimate of drug-likeness (QED) is 0.263. The molecule has 0 bridgehead atoms. The molecule has 8 nitrogen and oxygen atoms in total. The number of guanidine groups is 2. The Bertz CT molecular complexity index is 302. The number of hydrazone groups is 2. The summed E-state index contributed by atoms with van der Waals surface area (Å²) in [5, 5.41) is 15.9. The van der Waals surface area contributed by atoms with E-state index in [0.717, 1.165) is 0 Å². The molecule has 6 N–H and O–H groups in total. The van der Waals surface area contributed by atoms with E-state index in [9.17, 15) is 0 Å². The first-order chi connectivity index (χ1) is 6.97. The maximum absolute atomic E-state index is 6.87. The minimum Gasteiger partial charge on any atom is -0.369 e. The van der Waals surface area contributed by atoms with Gasteiger partial charge in [0.1, 0.15) is 0 Å². The first-order valence-electron chi connectivity index (χ1n) is 4.11. The smallest absolute Gasteiger partial charge is 0.211 e. The molecule has 0 spiro atoms. The zero-order valence-corrected chi connectivity index (χ0v) is 9.02. The van der Waals surface area contributed by atoms with Gasteiger partial charge in [0, 0.05) is 14.1 Å². The van der Waals surface area contributed by atoms with E-state index in [1.54, 1.807) is 21.0 Å². The van der Waals surface area contributed by atoms with Crippen LogP contribution in [0.2, 0.25) is 0 Å². The van der Waals surface area contributed by atoms with Crippen molar-refractivity contribution in [3.8, 4) is 0 Å². The monoisotopic (exact) mass is 212 g/mol. The van der Waals surface area contributed by atoms with Crippen LogP contribution in [0.15, 0.2) is 15.2 Å². The third kappa shape index (κ3) is 6.02. The zero-order chi connectivity index (χ0) is 11.8. The molecule has 8 heteroatoms. The largest absolute Gasteiger partial charge is 0.369 e. The second-order valence-electron chi connectivity index (χ2n) is 2.63. The molecule has 84 valence electrons. The number of hydrogen-bond acceptors (Lipinski definition) is 4. The fraction of sp³-hybridized carbons (Fsp3) is 0.429. The van der Waals surface area contributed by atoms with Crippen molar-refractivity contribution in [2.75, 3.05) is 14.1 Å². The molecule has 0 unspecified atom stereocenters. The highest BCUT2D eigenvalue weighted by molar-refractivity contribution is 6.29. The summed E-state index contributed by atoms with van der Waals surface area (Å²) in [7, 11) is 3.23. The van der Waals surface area contributed by atoms with Crippen LogP contribution in [-0.2, 0) is 0 Å². The highest BCUT2D eigenvalue weighted by Gasteiger charge is 1.95. The lowest BCUT2D eigenvalue weighted by molar-refractivity contribution is 0.540. The predicted molar refractivity (Wildman–Crippen MR) is 62.0 cm³/mol. The van der Waals surface area contributed by atoms with Crippen LogP contribution in [-0.4, -0.2) is 42.9 Å². The van der Waals surface area contributed by atoms with E-state index in [0.29, 0.717) is 11.7 Å². The lowest BCUT2D eigenvalue weighted by Gasteiger charge is -2.09. The summed E-state index contributed by atoms with van der Waals surface area (Å²) in [6.07, 6.45) is 1.47. The van der Waals surface area contributed by atoms with Crippen molar-refractivity contribution in [3.63, 3.8) is 0 Å². The van der Waals surface area contributed by atoms with Crippen molar-refractivity contribution < 1.29 is 0 Å². The molecule has 0 heterocycles. The van der Waals surface area contributed by atoms with Crippen molar-refractivity contribution >= 4 is 23.8 Å². The minimum absolute atomic E-state index is 0.231. The lowest BCUT2D eigenvalue weighted by atomic mass is 10.5. The highest BCUT2D eigenvalue weighted by Crippen LogP contribution is 1.82. The van der Waals surface area contributed by atoms with E-state index in [1.807, 2.05) is 0 Å². The van der Waals surface area contributed by atoms with E-state index in [-0.39, 0.29) is 5.96 Å². The SMILES string of the molecule is CN=C(N)N(C)N=CC(C)=NNC(=N)N. The maximum atomic E-state index is 6.87. The Balaban J connectivity index is 4.28. The standard InChI is InChI=1S/C7H16N8/c1-5(13-14-6(8)9)4-12-15(3)7(10)11-2/h4H,1-3H3,(H2,10,11)(H4,8,9,14). The average molecular weight is 212 g/mol. The van der Waals surface area contributed by atoms with Gasteiger partial charge in [-0.15, -0.1) is 0 Å². The van der Waals surface area contributed by atoms with E-state index in [2.05, 4.69) is 20.6 Å². The molecule has 0 radical (unpaired) electrons. The summed E-state index contributed by atoms with van der Waals surface area (Å²) in [6, 6.07) is 0. The molecular formula is C7H16N8. The summed E-state index contributed by atoms with van der Waals surface area (Å²) in [5.41, 5.74) is 13.4. The zero-order valence-electron chi connectivity index (χ0n) is 9.02. The lowest BCUT2D eigenvalue weighted by Crippen LogP contribution is -2.30. The van der Waals surface area contributed by atoms with Crippen LogP contribution >= 0.6 is 0 Å². The molecule has 0 aliphatic carbocycles. The average Bonchev–Trinajstić information content (AvgIpc) is 2.21. The van der Waals surface area contributed by atoms with Gasteiger partial charge in [0.25, 0.3) is 0 Å². The molecule has 0 atom stereocenters. The fourth-order valence-corrected chi connectivity index (χ4v) is 0.551. The molecule has 0 saturated carbocycles. The van der Waals surface area contributed by atoms with Gasteiger partial charge in [-0.3, -0.25) is 10.4 Å². The molecule has 0 rings (SSSR count). The summed E-state index contributed by atoms with van der Waals surface area (Å²) in [4.78, 5) is 3.74. The Morgan fingerprint density at radius 1 is 1.47 bits per heavy atom. The Kier molecular flexibility index (Phi) is 5.45. The molecule has 0 aromatic rings. The van der Waals surface area contributed by atoms with Crippen LogP contribution in [0.3, 0.4) is 0 Å². The molecule has 0 aromatic carbocycles. The number of hydrogen-bond donors (Lipinski definition) is 4. The summed E-state index contributed by atoms with van der Waals surface area (Å²) < 4.78 is 0. The summed E-state index contributed by atoms with van der Waals surface area (Å²) in [6.45, 7) is 1.70. The second-order valence-corrected chi connectivity index (χ2v) is 2.63. The van der Waals surface area contributed by atoms with E-state index in [4.69, 9.17) is 16.9 Å². The minimum atomic E-state index is -0.231.